The van der Waals surface area contributed by atoms with Crippen molar-refractivity contribution in [1.29, 1.82) is 0 Å². The zero-order chi connectivity index (χ0) is 17.0. The van der Waals surface area contributed by atoms with Crippen LogP contribution in [0.2, 0.25) is 5.02 Å². The van der Waals surface area contributed by atoms with Gasteiger partial charge in [-0.15, -0.1) is 0 Å². The van der Waals surface area contributed by atoms with Crippen LogP contribution in [0.4, 0.5) is 5.69 Å². The molecule has 2 aromatic rings. The smallest absolute Gasteiger partial charge is 0.341 e. The van der Waals surface area contributed by atoms with Crippen molar-refractivity contribution in [3.63, 3.8) is 0 Å². The molecule has 1 atom stereocenters. The van der Waals surface area contributed by atoms with Crippen molar-refractivity contribution in [3.8, 4) is 0 Å². The lowest BCUT2D eigenvalue weighted by atomic mass is 10.1. The van der Waals surface area contributed by atoms with E-state index in [1.54, 1.807) is 38.1 Å². The predicted molar refractivity (Wildman–Crippen MR) is 84.9 cm³/mol. The monoisotopic (exact) mass is 337 g/mol. The van der Waals surface area contributed by atoms with Gasteiger partial charge >= 0.3 is 11.9 Å². The molecule has 1 unspecified atom stereocenters. The number of furan rings is 1. The van der Waals surface area contributed by atoms with Crippen LogP contribution in [0.3, 0.4) is 0 Å². The molecule has 0 radical (unpaired) electrons. The molecular weight excluding hydrogens is 322 g/mol. The van der Waals surface area contributed by atoms with Crippen LogP contribution in [0.1, 0.15) is 34.8 Å². The summed E-state index contributed by atoms with van der Waals surface area (Å²) in [7, 11) is 0. The van der Waals surface area contributed by atoms with Crippen molar-refractivity contribution < 1.29 is 23.8 Å². The number of carbonyl (C=O) groups is 2. The number of nitrogens with one attached hydrogen (secondary N) is 1. The maximum atomic E-state index is 11.8. The molecule has 0 bridgehead atoms. The number of carboxylic acids is 1. The van der Waals surface area contributed by atoms with Gasteiger partial charge in [-0.05, 0) is 32.0 Å². The van der Waals surface area contributed by atoms with Gasteiger partial charge in [0.1, 0.15) is 17.1 Å². The third kappa shape index (κ3) is 3.84. The summed E-state index contributed by atoms with van der Waals surface area (Å²) in [5.41, 5.74) is 0.655. The molecule has 23 heavy (non-hydrogen) atoms. The zero-order valence-corrected chi connectivity index (χ0v) is 13.4. The highest BCUT2D eigenvalue weighted by molar-refractivity contribution is 6.33. The van der Waals surface area contributed by atoms with Crippen molar-refractivity contribution in [2.24, 2.45) is 0 Å². The van der Waals surface area contributed by atoms with Crippen LogP contribution in [0, 0.1) is 6.92 Å². The van der Waals surface area contributed by atoms with Crippen molar-refractivity contribution in [3.05, 3.63) is 52.4 Å². The summed E-state index contributed by atoms with van der Waals surface area (Å²) < 4.78 is 10.3. The van der Waals surface area contributed by atoms with Gasteiger partial charge in [-0.3, -0.25) is 0 Å². The number of esters is 1. The molecule has 1 heterocycles. The van der Waals surface area contributed by atoms with E-state index in [1.165, 1.54) is 6.07 Å². The van der Waals surface area contributed by atoms with E-state index in [1.807, 2.05) is 0 Å². The number of halogens is 1. The maximum Gasteiger partial charge on any atom is 0.341 e. The van der Waals surface area contributed by atoms with Gasteiger partial charge in [0.2, 0.25) is 0 Å². The number of ether oxygens (including phenoxy) is 1. The second-order valence-corrected chi connectivity index (χ2v) is 5.14. The lowest BCUT2D eigenvalue weighted by molar-refractivity contribution is -0.138. The highest BCUT2D eigenvalue weighted by Crippen LogP contribution is 2.28. The normalized spacial score (nSPS) is 11.8. The van der Waals surface area contributed by atoms with E-state index in [2.05, 4.69) is 5.32 Å². The van der Waals surface area contributed by atoms with Gasteiger partial charge in [0.15, 0.2) is 6.04 Å². The minimum atomic E-state index is -1.18. The Balaban J connectivity index is 2.32. The lowest BCUT2D eigenvalue weighted by Crippen LogP contribution is -2.20. The van der Waals surface area contributed by atoms with E-state index in [0.717, 1.165) is 0 Å². The molecule has 0 amide bonds. The largest absolute Gasteiger partial charge is 0.479 e. The first-order valence-electron chi connectivity index (χ1n) is 6.95. The van der Waals surface area contributed by atoms with Crippen molar-refractivity contribution >= 4 is 29.2 Å². The van der Waals surface area contributed by atoms with Crippen molar-refractivity contribution in [2.45, 2.75) is 19.9 Å². The van der Waals surface area contributed by atoms with E-state index in [0.29, 0.717) is 16.5 Å². The first-order chi connectivity index (χ1) is 10.9. The summed E-state index contributed by atoms with van der Waals surface area (Å²) in [5, 5.41) is 12.6. The SMILES string of the molecule is CCOC(=O)c1cc(C(Nc2ccccc2Cl)C(=O)O)oc1C. The summed E-state index contributed by atoms with van der Waals surface area (Å²) in [6.07, 6.45) is 0. The van der Waals surface area contributed by atoms with E-state index >= 15 is 0 Å². The quantitative estimate of drug-likeness (QED) is 0.782. The number of benzene rings is 1. The van der Waals surface area contributed by atoms with Crippen LogP contribution in [-0.2, 0) is 9.53 Å². The Morgan fingerprint density at radius 1 is 1.39 bits per heavy atom. The number of carbonyl (C=O) groups excluding carboxylic acids is 1. The van der Waals surface area contributed by atoms with Crippen LogP contribution in [0.25, 0.3) is 0 Å². The second-order valence-electron chi connectivity index (χ2n) is 4.73. The molecule has 6 nitrogen and oxygen atoms in total. The lowest BCUT2D eigenvalue weighted by Gasteiger charge is -2.14. The van der Waals surface area contributed by atoms with Crippen LogP contribution >= 0.6 is 11.6 Å². The van der Waals surface area contributed by atoms with Gasteiger partial charge in [0.05, 0.1) is 17.3 Å². The minimum absolute atomic E-state index is 0.0953. The van der Waals surface area contributed by atoms with Crippen LogP contribution in [0.15, 0.2) is 34.7 Å². The molecule has 0 fully saturated rings. The minimum Gasteiger partial charge on any atom is -0.479 e. The highest BCUT2D eigenvalue weighted by Gasteiger charge is 2.27. The Bertz CT molecular complexity index is 725. The molecule has 7 heteroatoms. The Kier molecular flexibility index (Phi) is 5.28. The number of para-hydroxylation sites is 1. The molecular formula is C16H16ClNO5. The molecule has 0 saturated heterocycles. The number of hydrogen-bond donors (Lipinski definition) is 2. The molecule has 2 rings (SSSR count). The Morgan fingerprint density at radius 3 is 2.70 bits per heavy atom. The molecule has 0 aliphatic rings. The number of aryl methyl sites for hydroxylation is 1. The number of carboxylic acid groups (broad SMARTS) is 1. The molecule has 0 aliphatic carbocycles. The predicted octanol–water partition coefficient (Wildman–Crippen LogP) is 3.66. The number of aliphatic carboxylic acids is 1. The fraction of sp³-hybridized carbons (Fsp3) is 0.250. The topological polar surface area (TPSA) is 88.8 Å². The van der Waals surface area contributed by atoms with Gasteiger partial charge in [-0.25, -0.2) is 9.59 Å². The molecule has 0 spiro atoms. The summed E-state index contributed by atoms with van der Waals surface area (Å²) >= 11 is 6.03. The molecule has 1 aromatic heterocycles. The number of rotatable bonds is 6. The molecule has 1 aromatic carbocycles. The van der Waals surface area contributed by atoms with E-state index in [9.17, 15) is 14.7 Å². The van der Waals surface area contributed by atoms with Crippen LogP contribution in [0.5, 0.6) is 0 Å². The molecule has 2 N–H and O–H groups in total. The van der Waals surface area contributed by atoms with Crippen LogP contribution < -0.4 is 5.32 Å². The summed E-state index contributed by atoms with van der Waals surface area (Å²) in [6.45, 7) is 3.48. The van der Waals surface area contributed by atoms with Gasteiger partial charge in [-0.1, -0.05) is 23.7 Å². The van der Waals surface area contributed by atoms with Gasteiger partial charge in [0, 0.05) is 0 Å². The maximum absolute atomic E-state index is 11.8. The van der Waals surface area contributed by atoms with Crippen LogP contribution in [-0.4, -0.2) is 23.7 Å². The van der Waals surface area contributed by atoms with Gasteiger partial charge < -0.3 is 19.6 Å². The van der Waals surface area contributed by atoms with E-state index < -0.39 is 18.0 Å². The molecule has 0 saturated carbocycles. The van der Waals surface area contributed by atoms with Gasteiger partial charge in [0.25, 0.3) is 0 Å². The fourth-order valence-corrected chi connectivity index (χ4v) is 2.24. The third-order valence-corrected chi connectivity index (χ3v) is 3.47. The second kappa shape index (κ2) is 7.19. The summed E-state index contributed by atoms with van der Waals surface area (Å²) in [6, 6.07) is 6.94. The Morgan fingerprint density at radius 2 is 2.09 bits per heavy atom. The number of anilines is 1. The number of hydrogen-bond acceptors (Lipinski definition) is 5. The summed E-state index contributed by atoms with van der Waals surface area (Å²) in [5.74, 6) is -1.32. The highest BCUT2D eigenvalue weighted by atomic mass is 35.5. The first kappa shape index (κ1) is 16.9. The Labute approximate surface area is 138 Å². The molecule has 0 aliphatic heterocycles. The standard InChI is InChI=1S/C16H16ClNO5/c1-3-22-16(21)10-8-13(23-9(10)2)14(15(19)20)18-12-7-5-4-6-11(12)17/h4-8,14,18H,3H2,1-2H3,(H,19,20). The third-order valence-electron chi connectivity index (χ3n) is 3.14. The van der Waals surface area contributed by atoms with E-state index in [4.69, 9.17) is 20.8 Å². The zero-order valence-electron chi connectivity index (χ0n) is 12.6. The Hall–Kier alpha value is -2.47. The average molecular weight is 338 g/mol. The molecule has 122 valence electrons. The van der Waals surface area contributed by atoms with E-state index in [-0.39, 0.29) is 17.9 Å². The first-order valence-corrected chi connectivity index (χ1v) is 7.33. The fourth-order valence-electron chi connectivity index (χ4n) is 2.05. The van der Waals surface area contributed by atoms with Crippen molar-refractivity contribution in [2.75, 3.05) is 11.9 Å². The average Bonchev–Trinajstić information content (AvgIpc) is 2.88. The van der Waals surface area contributed by atoms with Crippen molar-refractivity contribution in [1.82, 2.24) is 0 Å². The van der Waals surface area contributed by atoms with Gasteiger partial charge in [-0.2, -0.15) is 0 Å². The summed E-state index contributed by atoms with van der Waals surface area (Å²) in [4.78, 5) is 23.4.